The highest BCUT2D eigenvalue weighted by Crippen LogP contribution is 2.46. The molecule has 0 heterocycles. The summed E-state index contributed by atoms with van der Waals surface area (Å²) in [5.74, 6) is -4.20. The van der Waals surface area contributed by atoms with E-state index >= 15 is 0 Å². The van der Waals surface area contributed by atoms with E-state index in [9.17, 15) is 62.9 Å². The number of ether oxygens (including phenoxy) is 2. The third-order valence-corrected chi connectivity index (χ3v) is 6.91. The minimum Gasteiger partial charge on any atom is -0.488 e. The molecule has 0 aromatic heterocycles. The molecule has 260 valence electrons. The maximum absolute atomic E-state index is 15.0. The molecule has 0 saturated heterocycles. The third-order valence-electron chi connectivity index (χ3n) is 6.91. The van der Waals surface area contributed by atoms with Crippen LogP contribution in [0.25, 0.3) is 0 Å². The Morgan fingerprint density at radius 2 is 1.38 bits per heavy atom. The number of hydrogen-bond acceptors (Lipinski definition) is 5. The van der Waals surface area contributed by atoms with Gasteiger partial charge in [-0.1, -0.05) is 36.4 Å². The van der Waals surface area contributed by atoms with E-state index in [0.717, 1.165) is 18.2 Å². The second-order valence-corrected chi connectivity index (χ2v) is 10.7. The molecule has 0 radical (unpaired) electrons. The number of aliphatic hydroxyl groups is 2. The van der Waals surface area contributed by atoms with Crippen molar-refractivity contribution in [1.29, 1.82) is 0 Å². The van der Waals surface area contributed by atoms with Crippen LogP contribution in [0.4, 0.5) is 52.7 Å². The molecule has 0 bridgehead atoms. The Bertz CT molecular complexity index is 1480. The highest BCUT2D eigenvalue weighted by Gasteiger charge is 2.74. The minimum atomic E-state index is -6.48. The largest absolute Gasteiger partial charge is 0.488 e. The van der Waals surface area contributed by atoms with Crippen molar-refractivity contribution < 1.29 is 72.4 Å². The second kappa shape index (κ2) is 13.8. The van der Waals surface area contributed by atoms with E-state index in [-0.39, 0.29) is 17.2 Å². The Kier molecular flexibility index (Phi) is 11.1. The van der Waals surface area contributed by atoms with Crippen LogP contribution < -0.4 is 14.8 Å². The Hall–Kier alpha value is -3.70. The van der Waals surface area contributed by atoms with Crippen LogP contribution in [0, 0.1) is 11.6 Å². The topological polar surface area (TPSA) is 71.0 Å². The summed E-state index contributed by atoms with van der Waals surface area (Å²) >= 11 is 0. The highest BCUT2D eigenvalue weighted by molar-refractivity contribution is 5.47. The SMILES string of the molecule is CC(C)Oc1cc([C@@](Cc2ccccc2)(NCC(O)C(O)(C(F)(F)F)C(F)(F)F)c2cc(F)cc(OC(F)(F)C(F)F)c2)ccc1F. The lowest BCUT2D eigenvalue weighted by Gasteiger charge is -2.41. The summed E-state index contributed by atoms with van der Waals surface area (Å²) < 4.78 is 174. The number of rotatable bonds is 13. The van der Waals surface area contributed by atoms with Gasteiger partial charge < -0.3 is 25.0 Å². The average molecular weight is 694 g/mol. The number of alkyl halides is 10. The third kappa shape index (κ3) is 8.24. The zero-order chi connectivity index (χ0) is 35.6. The molecule has 3 aromatic rings. The molecule has 0 spiro atoms. The summed E-state index contributed by atoms with van der Waals surface area (Å²) in [5, 5.41) is 22.3. The predicted octanol–water partition coefficient (Wildman–Crippen LogP) is 7.28. The van der Waals surface area contributed by atoms with Crippen LogP contribution in [0.2, 0.25) is 0 Å². The number of aliphatic hydroxyl groups excluding tert-OH is 1. The quantitative estimate of drug-likeness (QED) is 0.164. The molecule has 3 aromatic carbocycles. The van der Waals surface area contributed by atoms with Crippen molar-refractivity contribution in [3.05, 3.63) is 95.1 Å². The van der Waals surface area contributed by atoms with Gasteiger partial charge in [0.2, 0.25) is 0 Å². The standard InChI is InChI=1S/C30H27F12NO4/c1-16(2)46-23-12-18(8-9-22(23)32)26(14-17-6-4-3-5-7-17,43-15-24(44)27(45,29(37,38)39)30(40,41)42)19-10-20(31)13-21(11-19)47-28(35,36)25(33)34/h3-13,16,24-25,43-45H,14-15H2,1-2H3/t24?,26-/m1/s1. The number of nitrogens with one attached hydrogen (secondary N) is 1. The van der Waals surface area contributed by atoms with Gasteiger partial charge in [0.1, 0.15) is 17.7 Å². The summed E-state index contributed by atoms with van der Waals surface area (Å²) in [4.78, 5) is 0. The van der Waals surface area contributed by atoms with E-state index < -0.39 is 89.9 Å². The van der Waals surface area contributed by atoms with E-state index in [1.807, 2.05) is 0 Å². The molecular weight excluding hydrogens is 666 g/mol. The lowest BCUT2D eigenvalue weighted by Crippen LogP contribution is -2.67. The van der Waals surface area contributed by atoms with Crippen LogP contribution in [0.3, 0.4) is 0 Å². The van der Waals surface area contributed by atoms with Gasteiger partial charge in [0.15, 0.2) is 11.6 Å². The molecule has 0 amide bonds. The van der Waals surface area contributed by atoms with Gasteiger partial charge in [0, 0.05) is 12.6 Å². The van der Waals surface area contributed by atoms with Gasteiger partial charge in [-0.05, 0) is 61.2 Å². The van der Waals surface area contributed by atoms with Crippen LogP contribution in [-0.2, 0) is 12.0 Å². The monoisotopic (exact) mass is 693 g/mol. The highest BCUT2D eigenvalue weighted by atomic mass is 19.4. The molecule has 17 heteroatoms. The first-order valence-corrected chi connectivity index (χ1v) is 13.5. The van der Waals surface area contributed by atoms with Crippen molar-refractivity contribution in [2.75, 3.05) is 6.54 Å². The second-order valence-electron chi connectivity index (χ2n) is 10.7. The zero-order valence-corrected chi connectivity index (χ0v) is 24.2. The van der Waals surface area contributed by atoms with Crippen LogP contribution in [0.5, 0.6) is 11.5 Å². The number of halogens is 12. The van der Waals surface area contributed by atoms with E-state index in [2.05, 4.69) is 10.1 Å². The first-order chi connectivity index (χ1) is 21.5. The summed E-state index contributed by atoms with van der Waals surface area (Å²) in [6, 6.07) is 11.2. The van der Waals surface area contributed by atoms with Crippen molar-refractivity contribution in [3.8, 4) is 11.5 Å². The molecule has 1 unspecified atom stereocenters. The Morgan fingerprint density at radius 3 is 1.91 bits per heavy atom. The maximum Gasteiger partial charge on any atom is 0.461 e. The smallest absolute Gasteiger partial charge is 0.461 e. The van der Waals surface area contributed by atoms with E-state index in [4.69, 9.17) is 4.74 Å². The summed E-state index contributed by atoms with van der Waals surface area (Å²) in [7, 11) is 0. The average Bonchev–Trinajstić information content (AvgIpc) is 2.94. The van der Waals surface area contributed by atoms with Gasteiger partial charge in [0.05, 0.1) is 11.6 Å². The van der Waals surface area contributed by atoms with Crippen molar-refractivity contribution in [2.45, 2.75) is 68.5 Å². The predicted molar refractivity (Wildman–Crippen MR) is 142 cm³/mol. The normalized spacial score (nSPS) is 15.1. The van der Waals surface area contributed by atoms with Gasteiger partial charge in [-0.15, -0.1) is 0 Å². The molecule has 2 atom stereocenters. The van der Waals surface area contributed by atoms with Crippen molar-refractivity contribution in [3.63, 3.8) is 0 Å². The van der Waals surface area contributed by atoms with Gasteiger partial charge in [-0.3, -0.25) is 0 Å². The lowest BCUT2D eigenvalue weighted by atomic mass is 9.77. The zero-order valence-electron chi connectivity index (χ0n) is 24.2. The van der Waals surface area contributed by atoms with Gasteiger partial charge in [-0.2, -0.15) is 43.9 Å². The summed E-state index contributed by atoms with van der Waals surface area (Å²) in [6.45, 7) is 1.18. The molecule has 3 rings (SSSR count). The fourth-order valence-electron chi connectivity index (χ4n) is 4.68. The molecule has 0 aliphatic rings. The lowest BCUT2D eigenvalue weighted by molar-refractivity contribution is -0.390. The Morgan fingerprint density at radius 1 is 0.787 bits per heavy atom. The summed E-state index contributed by atoms with van der Waals surface area (Å²) in [5.41, 5.74) is -8.83. The Labute approximate surface area is 259 Å². The molecule has 0 aliphatic heterocycles. The van der Waals surface area contributed by atoms with Gasteiger partial charge in [0.25, 0.3) is 5.60 Å². The first kappa shape index (κ1) is 37.8. The fourth-order valence-corrected chi connectivity index (χ4v) is 4.68. The minimum absolute atomic E-state index is 0.205. The molecule has 47 heavy (non-hydrogen) atoms. The molecular formula is C30H27F12NO4. The van der Waals surface area contributed by atoms with E-state index in [0.29, 0.717) is 12.1 Å². The molecule has 0 aliphatic carbocycles. The number of hydrogen-bond donors (Lipinski definition) is 3. The van der Waals surface area contributed by atoms with E-state index in [1.165, 1.54) is 44.2 Å². The molecule has 0 saturated carbocycles. The van der Waals surface area contributed by atoms with Crippen LogP contribution in [-0.4, -0.2) is 59.5 Å². The van der Waals surface area contributed by atoms with Crippen LogP contribution >= 0.6 is 0 Å². The van der Waals surface area contributed by atoms with Crippen LogP contribution in [0.15, 0.2) is 66.7 Å². The van der Waals surface area contributed by atoms with Crippen molar-refractivity contribution >= 4 is 0 Å². The van der Waals surface area contributed by atoms with E-state index in [1.54, 1.807) is 0 Å². The Balaban J connectivity index is 2.36. The maximum atomic E-state index is 15.0. The van der Waals surface area contributed by atoms with Crippen molar-refractivity contribution in [1.82, 2.24) is 5.32 Å². The van der Waals surface area contributed by atoms with Gasteiger partial charge in [-0.25, -0.2) is 8.78 Å². The van der Waals surface area contributed by atoms with Crippen LogP contribution in [0.1, 0.15) is 30.5 Å². The van der Waals surface area contributed by atoms with Gasteiger partial charge >= 0.3 is 24.9 Å². The van der Waals surface area contributed by atoms with Crippen molar-refractivity contribution in [2.24, 2.45) is 0 Å². The first-order valence-electron chi connectivity index (χ1n) is 13.5. The molecule has 3 N–H and O–H groups in total. The molecule has 0 fully saturated rings. The molecule has 5 nitrogen and oxygen atoms in total. The summed E-state index contributed by atoms with van der Waals surface area (Å²) in [6.07, 6.45) is -27.6. The number of benzene rings is 3. The fraction of sp³-hybridized carbons (Fsp3) is 0.400.